The Morgan fingerprint density at radius 3 is 2.10 bits per heavy atom. The van der Waals surface area contributed by atoms with Crippen LogP contribution in [0.1, 0.15) is 33.1 Å². The molecule has 3 atom stereocenters. The zero-order chi connectivity index (χ0) is 15.7. The molecule has 8 heteroatoms. The average molecular weight is 288 g/mol. The summed E-state index contributed by atoms with van der Waals surface area (Å²) in [5.41, 5.74) is 11.0. The van der Waals surface area contributed by atoms with E-state index in [-0.39, 0.29) is 0 Å². The van der Waals surface area contributed by atoms with Crippen molar-refractivity contribution >= 4 is 17.8 Å². The number of hydrogen-bond acceptors (Lipinski definition) is 5. The maximum absolute atomic E-state index is 11.7. The van der Waals surface area contributed by atoms with Crippen LogP contribution in [0.2, 0.25) is 0 Å². The van der Waals surface area contributed by atoms with Gasteiger partial charge in [0.25, 0.3) is 0 Å². The minimum Gasteiger partial charge on any atom is -0.480 e. The molecule has 0 rings (SSSR count). The fourth-order valence-corrected chi connectivity index (χ4v) is 1.43. The number of nitrogens with two attached hydrogens (primary N) is 2. The molecule has 0 saturated carbocycles. The summed E-state index contributed by atoms with van der Waals surface area (Å²) < 4.78 is 0. The molecule has 0 fully saturated rings. The van der Waals surface area contributed by atoms with Gasteiger partial charge < -0.3 is 27.2 Å². The predicted octanol–water partition coefficient (Wildman–Crippen LogP) is -1.46. The van der Waals surface area contributed by atoms with Crippen LogP contribution in [-0.4, -0.2) is 47.6 Å². The number of unbranched alkanes of at least 4 members (excludes halogenated alkanes) is 1. The van der Waals surface area contributed by atoms with Gasteiger partial charge in [0, 0.05) is 0 Å². The lowest BCUT2D eigenvalue weighted by Crippen LogP contribution is -2.52. The molecule has 0 spiro atoms. The van der Waals surface area contributed by atoms with Crippen LogP contribution < -0.4 is 22.1 Å². The topological polar surface area (TPSA) is 148 Å². The minimum absolute atomic E-state index is 0.437. The molecule has 20 heavy (non-hydrogen) atoms. The van der Waals surface area contributed by atoms with E-state index in [9.17, 15) is 14.4 Å². The summed E-state index contributed by atoms with van der Waals surface area (Å²) in [6, 6.07) is -2.56. The number of carbonyl (C=O) groups excluding carboxylic acids is 2. The molecule has 0 heterocycles. The first kappa shape index (κ1) is 18.3. The lowest BCUT2D eigenvalue weighted by Gasteiger charge is -2.18. The second kappa shape index (κ2) is 9.27. The number of amides is 2. The number of aliphatic carboxylic acids is 1. The van der Waals surface area contributed by atoms with Gasteiger partial charge in [0.05, 0.1) is 6.04 Å². The van der Waals surface area contributed by atoms with Crippen molar-refractivity contribution in [3.05, 3.63) is 0 Å². The highest BCUT2D eigenvalue weighted by Crippen LogP contribution is 1.98. The summed E-state index contributed by atoms with van der Waals surface area (Å²) in [5.74, 6) is -2.15. The predicted molar refractivity (Wildman–Crippen MR) is 73.7 cm³/mol. The van der Waals surface area contributed by atoms with Gasteiger partial charge in [0.1, 0.15) is 12.1 Å². The highest BCUT2D eigenvalue weighted by Gasteiger charge is 2.22. The Hall–Kier alpha value is -1.67. The van der Waals surface area contributed by atoms with Crippen molar-refractivity contribution in [1.29, 1.82) is 0 Å². The summed E-state index contributed by atoms with van der Waals surface area (Å²) >= 11 is 0. The van der Waals surface area contributed by atoms with Crippen LogP contribution in [0.25, 0.3) is 0 Å². The summed E-state index contributed by atoms with van der Waals surface area (Å²) in [6.45, 7) is 3.35. The van der Waals surface area contributed by atoms with Crippen molar-refractivity contribution < 1.29 is 19.5 Å². The Morgan fingerprint density at radius 1 is 1.05 bits per heavy atom. The molecule has 0 aliphatic carbocycles. The first-order chi connectivity index (χ1) is 9.29. The minimum atomic E-state index is -1.14. The Morgan fingerprint density at radius 2 is 1.60 bits per heavy atom. The van der Waals surface area contributed by atoms with Crippen LogP contribution in [0, 0.1) is 0 Å². The van der Waals surface area contributed by atoms with E-state index in [2.05, 4.69) is 10.6 Å². The van der Waals surface area contributed by atoms with Crippen molar-refractivity contribution in [1.82, 2.24) is 10.6 Å². The lowest BCUT2D eigenvalue weighted by atomic mass is 10.1. The molecule has 2 amide bonds. The van der Waals surface area contributed by atoms with Gasteiger partial charge >= 0.3 is 5.97 Å². The third kappa shape index (κ3) is 7.05. The maximum Gasteiger partial charge on any atom is 0.325 e. The monoisotopic (exact) mass is 288 g/mol. The fourth-order valence-electron chi connectivity index (χ4n) is 1.43. The Bertz CT molecular complexity index is 348. The first-order valence-electron chi connectivity index (χ1n) is 6.58. The van der Waals surface area contributed by atoms with Crippen LogP contribution in [0.15, 0.2) is 0 Å². The van der Waals surface area contributed by atoms with Gasteiger partial charge in [-0.3, -0.25) is 14.4 Å². The molecule has 7 N–H and O–H groups in total. The number of carboxylic acids is 1. The Balaban J connectivity index is 4.17. The van der Waals surface area contributed by atoms with E-state index in [0.717, 1.165) is 12.8 Å². The second-order valence-corrected chi connectivity index (χ2v) is 4.69. The van der Waals surface area contributed by atoms with Crippen LogP contribution in [0.3, 0.4) is 0 Å². The van der Waals surface area contributed by atoms with E-state index >= 15 is 0 Å². The third-order valence-electron chi connectivity index (χ3n) is 2.79. The smallest absolute Gasteiger partial charge is 0.325 e. The second-order valence-electron chi connectivity index (χ2n) is 4.69. The molecule has 0 aliphatic rings. The van der Waals surface area contributed by atoms with Gasteiger partial charge in [-0.1, -0.05) is 6.42 Å². The standard InChI is InChI=1S/C12H24N4O4/c1-7(10(17)16-8(2)12(19)20)15-11(18)9(14)5-3-4-6-13/h7-9H,3-6,13-14H2,1-2H3,(H,15,18)(H,16,17)(H,19,20)/t7-,8-,9+/m1/s1. The van der Waals surface area contributed by atoms with Gasteiger partial charge in [-0.05, 0) is 33.2 Å². The maximum atomic E-state index is 11.7. The summed E-state index contributed by atoms with van der Waals surface area (Å²) in [4.78, 5) is 33.9. The number of carbonyl (C=O) groups is 3. The Labute approximate surface area is 118 Å². The van der Waals surface area contributed by atoms with Crippen LogP contribution in [-0.2, 0) is 14.4 Å². The molecule has 0 aromatic carbocycles. The molecule has 0 saturated heterocycles. The van der Waals surface area contributed by atoms with Crippen molar-refractivity contribution in [2.75, 3.05) is 6.54 Å². The molecule has 8 nitrogen and oxygen atoms in total. The molecule has 0 radical (unpaired) electrons. The van der Waals surface area contributed by atoms with Crippen LogP contribution in [0.5, 0.6) is 0 Å². The number of hydrogen-bond donors (Lipinski definition) is 5. The zero-order valence-electron chi connectivity index (χ0n) is 11.9. The molecular weight excluding hydrogens is 264 g/mol. The summed E-state index contributed by atoms with van der Waals surface area (Å²) in [5, 5.41) is 13.4. The van der Waals surface area contributed by atoms with Crippen molar-refractivity contribution in [3.63, 3.8) is 0 Å². The van der Waals surface area contributed by atoms with E-state index in [1.54, 1.807) is 0 Å². The largest absolute Gasteiger partial charge is 0.480 e. The average Bonchev–Trinajstić information content (AvgIpc) is 2.38. The van der Waals surface area contributed by atoms with Crippen LogP contribution >= 0.6 is 0 Å². The van der Waals surface area contributed by atoms with Crippen molar-refractivity contribution in [2.45, 2.75) is 51.2 Å². The lowest BCUT2D eigenvalue weighted by molar-refractivity contribution is -0.141. The normalized spacial score (nSPS) is 15.0. The van der Waals surface area contributed by atoms with E-state index in [0.29, 0.717) is 13.0 Å². The SMILES string of the molecule is C[C@@H](NC(=O)[C@@H](C)NC(=O)[C@@H](N)CCCCN)C(=O)O. The third-order valence-corrected chi connectivity index (χ3v) is 2.79. The van der Waals surface area contributed by atoms with E-state index in [1.165, 1.54) is 13.8 Å². The number of carboxylic acid groups (broad SMARTS) is 1. The molecule has 0 unspecified atom stereocenters. The van der Waals surface area contributed by atoms with Gasteiger partial charge in [-0.2, -0.15) is 0 Å². The van der Waals surface area contributed by atoms with Crippen LogP contribution in [0.4, 0.5) is 0 Å². The van der Waals surface area contributed by atoms with Gasteiger partial charge in [0.2, 0.25) is 11.8 Å². The quantitative estimate of drug-likeness (QED) is 0.327. The molecule has 0 bridgehead atoms. The highest BCUT2D eigenvalue weighted by molar-refractivity contribution is 5.91. The fraction of sp³-hybridized carbons (Fsp3) is 0.750. The van der Waals surface area contributed by atoms with Gasteiger partial charge in [0.15, 0.2) is 0 Å². The summed E-state index contributed by atoms with van der Waals surface area (Å²) in [6.07, 6.45) is 2.01. The van der Waals surface area contributed by atoms with Gasteiger partial charge in [-0.15, -0.1) is 0 Å². The van der Waals surface area contributed by atoms with E-state index < -0.39 is 35.9 Å². The highest BCUT2D eigenvalue weighted by atomic mass is 16.4. The first-order valence-corrected chi connectivity index (χ1v) is 6.58. The van der Waals surface area contributed by atoms with Gasteiger partial charge in [-0.25, -0.2) is 0 Å². The zero-order valence-corrected chi connectivity index (χ0v) is 11.9. The molecular formula is C12H24N4O4. The summed E-state index contributed by atoms with van der Waals surface area (Å²) in [7, 11) is 0. The number of rotatable bonds is 9. The van der Waals surface area contributed by atoms with Crippen molar-refractivity contribution in [2.24, 2.45) is 11.5 Å². The molecule has 0 aromatic heterocycles. The number of nitrogens with one attached hydrogen (secondary N) is 2. The van der Waals surface area contributed by atoms with Crippen molar-refractivity contribution in [3.8, 4) is 0 Å². The molecule has 0 aromatic rings. The molecule has 116 valence electrons. The molecule has 0 aliphatic heterocycles. The Kier molecular flexibility index (Phi) is 8.49. The van der Waals surface area contributed by atoms with E-state index in [4.69, 9.17) is 16.6 Å². The van der Waals surface area contributed by atoms with E-state index in [1.807, 2.05) is 0 Å².